The van der Waals surface area contributed by atoms with Crippen LogP contribution in [0.2, 0.25) is 0 Å². The summed E-state index contributed by atoms with van der Waals surface area (Å²) in [5, 5.41) is 5.30. The van der Waals surface area contributed by atoms with Crippen LogP contribution < -0.4 is 0 Å². The molecule has 0 saturated heterocycles. The fourth-order valence-electron chi connectivity index (χ4n) is 4.20. The third-order valence-electron chi connectivity index (χ3n) is 5.54. The summed E-state index contributed by atoms with van der Waals surface area (Å²) in [5.41, 5.74) is 6.34. The predicted octanol–water partition coefficient (Wildman–Crippen LogP) is 7.66. The van der Waals surface area contributed by atoms with Gasteiger partial charge >= 0.3 is 0 Å². The molecule has 0 bridgehead atoms. The number of para-hydroxylation sites is 1. The topological polar surface area (TPSA) is 15.8 Å². The molecule has 1 nitrogen and oxygen atoms in total. The fourth-order valence-corrected chi connectivity index (χ4v) is 5.51. The Kier molecular flexibility index (Phi) is 3.03. The van der Waals surface area contributed by atoms with Crippen LogP contribution in [0.4, 0.5) is 0 Å². The second kappa shape index (κ2) is 5.45. The minimum atomic E-state index is 1.19. The number of aromatic amines is 1. The number of rotatable bonds is 1. The molecular weight excluding hydrogens is 346 g/mol. The Bertz CT molecular complexity index is 1480. The van der Waals surface area contributed by atoms with Gasteiger partial charge in [-0.1, -0.05) is 60.7 Å². The molecule has 0 atom stereocenters. The lowest BCUT2D eigenvalue weighted by Crippen LogP contribution is -1.78. The van der Waals surface area contributed by atoms with Crippen LogP contribution in [0.25, 0.3) is 53.1 Å². The largest absolute Gasteiger partial charge is 0.355 e. The number of fused-ring (bicyclic) bond motifs is 6. The van der Waals surface area contributed by atoms with Crippen molar-refractivity contribution < 1.29 is 0 Å². The first-order valence-corrected chi connectivity index (χ1v) is 10.0. The molecule has 0 saturated carbocycles. The molecule has 0 radical (unpaired) electrons. The van der Waals surface area contributed by atoms with E-state index in [0.29, 0.717) is 0 Å². The summed E-state index contributed by atoms with van der Waals surface area (Å²) in [4.78, 5) is 3.53. The van der Waals surface area contributed by atoms with Gasteiger partial charge in [-0.25, -0.2) is 0 Å². The standard InChI is InChI=1S/C25H17NS/c1-15-6-4-9-19-20-10-5-8-17(25(20)27-24(15)19)16-12-13-23-21(14-16)18-7-2-3-11-22(18)26-23/h2-14,26H,1H3. The zero-order chi connectivity index (χ0) is 18.0. The first kappa shape index (κ1) is 15.0. The maximum absolute atomic E-state index is 3.53. The molecule has 1 N–H and O–H groups in total. The Labute approximate surface area is 160 Å². The van der Waals surface area contributed by atoms with Gasteiger partial charge in [0.25, 0.3) is 0 Å². The molecular formula is C25H17NS. The summed E-state index contributed by atoms with van der Waals surface area (Å²) in [7, 11) is 0. The zero-order valence-corrected chi connectivity index (χ0v) is 15.7. The van der Waals surface area contributed by atoms with Gasteiger partial charge in [-0.15, -0.1) is 11.3 Å². The zero-order valence-electron chi connectivity index (χ0n) is 14.9. The number of nitrogens with one attached hydrogen (secondary N) is 1. The minimum absolute atomic E-state index is 1.19. The lowest BCUT2D eigenvalue weighted by atomic mass is 10.0. The van der Waals surface area contributed by atoms with Crippen LogP contribution in [0.3, 0.4) is 0 Å². The highest BCUT2D eigenvalue weighted by Gasteiger charge is 2.12. The number of hydrogen-bond acceptors (Lipinski definition) is 1. The van der Waals surface area contributed by atoms with Crippen molar-refractivity contribution in [2.75, 3.05) is 0 Å². The van der Waals surface area contributed by atoms with E-state index >= 15 is 0 Å². The Morgan fingerprint density at radius 1 is 0.630 bits per heavy atom. The third-order valence-corrected chi connectivity index (χ3v) is 6.93. The summed E-state index contributed by atoms with van der Waals surface area (Å²) in [5.74, 6) is 0. The molecule has 0 spiro atoms. The maximum Gasteiger partial charge on any atom is 0.0465 e. The van der Waals surface area contributed by atoms with Gasteiger partial charge in [0.15, 0.2) is 0 Å². The molecule has 0 aliphatic rings. The smallest absolute Gasteiger partial charge is 0.0465 e. The van der Waals surface area contributed by atoms with Crippen LogP contribution in [0, 0.1) is 6.92 Å². The number of aryl methyl sites for hydroxylation is 1. The number of hydrogen-bond donors (Lipinski definition) is 1. The van der Waals surface area contributed by atoms with Gasteiger partial charge in [-0.05, 0) is 41.8 Å². The molecule has 2 heterocycles. The second-order valence-corrected chi connectivity index (χ2v) is 8.19. The molecule has 27 heavy (non-hydrogen) atoms. The quantitative estimate of drug-likeness (QED) is 0.308. The van der Waals surface area contributed by atoms with Gasteiger partial charge in [-0.2, -0.15) is 0 Å². The highest BCUT2D eigenvalue weighted by Crippen LogP contribution is 2.41. The molecule has 2 aromatic heterocycles. The van der Waals surface area contributed by atoms with Crippen LogP contribution >= 0.6 is 11.3 Å². The van der Waals surface area contributed by atoms with Crippen molar-refractivity contribution in [1.29, 1.82) is 0 Å². The van der Waals surface area contributed by atoms with Crippen molar-refractivity contribution in [2.24, 2.45) is 0 Å². The molecule has 2 heteroatoms. The summed E-state index contributed by atoms with van der Waals surface area (Å²) >= 11 is 1.91. The van der Waals surface area contributed by atoms with E-state index in [-0.39, 0.29) is 0 Å². The van der Waals surface area contributed by atoms with E-state index in [1.165, 1.54) is 58.7 Å². The van der Waals surface area contributed by atoms with Gasteiger partial charge in [0.2, 0.25) is 0 Å². The number of aromatic nitrogens is 1. The molecule has 0 aliphatic heterocycles. The molecule has 0 amide bonds. The third kappa shape index (κ3) is 2.11. The van der Waals surface area contributed by atoms with Crippen molar-refractivity contribution in [3.8, 4) is 11.1 Å². The van der Waals surface area contributed by atoms with Crippen molar-refractivity contribution >= 4 is 53.3 Å². The van der Waals surface area contributed by atoms with Crippen LogP contribution in [0.15, 0.2) is 78.9 Å². The SMILES string of the molecule is Cc1cccc2c1sc1c(-c3ccc4[nH]c5ccccc5c4c3)cccc12. The van der Waals surface area contributed by atoms with Gasteiger partial charge in [0.05, 0.1) is 0 Å². The van der Waals surface area contributed by atoms with E-state index < -0.39 is 0 Å². The van der Waals surface area contributed by atoms with Crippen LogP contribution in [-0.2, 0) is 0 Å². The predicted molar refractivity (Wildman–Crippen MR) is 119 cm³/mol. The highest BCUT2D eigenvalue weighted by atomic mass is 32.1. The van der Waals surface area contributed by atoms with E-state index in [4.69, 9.17) is 0 Å². The number of H-pyrrole nitrogens is 1. The second-order valence-electron chi connectivity index (χ2n) is 7.17. The lowest BCUT2D eigenvalue weighted by molar-refractivity contribution is 1.55. The summed E-state index contributed by atoms with van der Waals surface area (Å²) in [6, 6.07) is 28.6. The van der Waals surface area contributed by atoms with Crippen molar-refractivity contribution in [1.82, 2.24) is 4.98 Å². The average molecular weight is 363 g/mol. The molecule has 6 aromatic rings. The van der Waals surface area contributed by atoms with Crippen LogP contribution in [-0.4, -0.2) is 4.98 Å². The van der Waals surface area contributed by atoms with E-state index in [1.54, 1.807) is 0 Å². The molecule has 6 rings (SSSR count). The first-order chi connectivity index (χ1) is 13.3. The van der Waals surface area contributed by atoms with Crippen LogP contribution in [0.5, 0.6) is 0 Å². The van der Waals surface area contributed by atoms with Gasteiger partial charge in [0, 0.05) is 42.0 Å². The first-order valence-electron chi connectivity index (χ1n) is 9.21. The number of thiophene rings is 1. The van der Waals surface area contributed by atoms with Crippen molar-refractivity contribution in [2.45, 2.75) is 6.92 Å². The van der Waals surface area contributed by atoms with Gasteiger partial charge < -0.3 is 4.98 Å². The molecule has 0 aliphatic carbocycles. The van der Waals surface area contributed by atoms with Crippen molar-refractivity contribution in [3.05, 3.63) is 84.4 Å². The summed E-state index contributed by atoms with van der Waals surface area (Å²) in [6.07, 6.45) is 0. The van der Waals surface area contributed by atoms with Gasteiger partial charge in [0.1, 0.15) is 0 Å². The fraction of sp³-hybridized carbons (Fsp3) is 0.0400. The highest BCUT2D eigenvalue weighted by molar-refractivity contribution is 7.26. The monoisotopic (exact) mass is 363 g/mol. The molecule has 4 aromatic carbocycles. The van der Waals surface area contributed by atoms with Crippen LogP contribution in [0.1, 0.15) is 5.56 Å². The summed E-state index contributed by atoms with van der Waals surface area (Å²) in [6.45, 7) is 2.20. The van der Waals surface area contributed by atoms with Gasteiger partial charge in [-0.3, -0.25) is 0 Å². The maximum atomic E-state index is 3.53. The van der Waals surface area contributed by atoms with E-state index in [9.17, 15) is 0 Å². The Morgan fingerprint density at radius 3 is 2.30 bits per heavy atom. The lowest BCUT2D eigenvalue weighted by Gasteiger charge is -2.04. The van der Waals surface area contributed by atoms with E-state index in [1.807, 2.05) is 11.3 Å². The average Bonchev–Trinajstić information content (AvgIpc) is 3.27. The summed E-state index contributed by atoms with van der Waals surface area (Å²) < 4.78 is 2.77. The minimum Gasteiger partial charge on any atom is -0.355 e. The Balaban J connectivity index is 1.68. The number of benzene rings is 4. The van der Waals surface area contributed by atoms with E-state index in [0.717, 1.165) is 0 Å². The van der Waals surface area contributed by atoms with Crippen molar-refractivity contribution in [3.63, 3.8) is 0 Å². The molecule has 0 unspecified atom stereocenters. The Morgan fingerprint density at radius 2 is 1.37 bits per heavy atom. The Hall–Kier alpha value is -3.10. The normalized spacial score (nSPS) is 11.9. The molecule has 128 valence electrons. The van der Waals surface area contributed by atoms with E-state index in [2.05, 4.69) is 90.8 Å². The molecule has 0 fully saturated rings.